The molecule has 0 heterocycles. The number of nitrogens with one attached hydrogen (secondary N) is 1. The van der Waals surface area contributed by atoms with Crippen molar-refractivity contribution in [1.82, 2.24) is 0 Å². The van der Waals surface area contributed by atoms with Crippen molar-refractivity contribution in [3.8, 4) is 0 Å². The van der Waals surface area contributed by atoms with Crippen molar-refractivity contribution in [2.45, 2.75) is 27.2 Å². The number of benzene rings is 2. The molecule has 0 unspecified atom stereocenters. The molecule has 3 heteroatoms. The fraction of sp³-hybridized carbons (Fsp3) is 0.278. The van der Waals surface area contributed by atoms with E-state index in [4.69, 9.17) is 0 Å². The van der Waals surface area contributed by atoms with Crippen LogP contribution >= 0.6 is 0 Å². The van der Waals surface area contributed by atoms with Crippen LogP contribution in [0.2, 0.25) is 0 Å². The van der Waals surface area contributed by atoms with Gasteiger partial charge in [-0.15, -0.1) is 0 Å². The van der Waals surface area contributed by atoms with Crippen LogP contribution in [0, 0.1) is 6.92 Å². The van der Waals surface area contributed by atoms with Gasteiger partial charge in [-0.3, -0.25) is 4.79 Å². The van der Waals surface area contributed by atoms with Crippen molar-refractivity contribution >= 4 is 23.0 Å². The summed E-state index contributed by atoms with van der Waals surface area (Å²) < 4.78 is 0. The molecule has 0 aliphatic heterocycles. The fourth-order valence-electron chi connectivity index (χ4n) is 2.28. The summed E-state index contributed by atoms with van der Waals surface area (Å²) in [5.41, 5.74) is 4.39. The predicted octanol–water partition coefficient (Wildman–Crippen LogP) is 4.50. The summed E-state index contributed by atoms with van der Waals surface area (Å²) >= 11 is 0. The first-order chi connectivity index (χ1) is 10.1. The van der Waals surface area contributed by atoms with Gasteiger partial charge in [0.2, 0.25) is 5.91 Å². The molecule has 2 aromatic rings. The Hall–Kier alpha value is -2.29. The lowest BCUT2D eigenvalue weighted by Gasteiger charge is -2.24. The molecule has 2 rings (SSSR count). The third kappa shape index (κ3) is 3.85. The molecule has 2 aromatic carbocycles. The van der Waals surface area contributed by atoms with E-state index in [-0.39, 0.29) is 5.91 Å². The van der Waals surface area contributed by atoms with Gasteiger partial charge >= 0.3 is 0 Å². The molecule has 0 aromatic heterocycles. The molecule has 0 spiro atoms. The van der Waals surface area contributed by atoms with Gasteiger partial charge in [-0.2, -0.15) is 0 Å². The molecule has 0 fully saturated rings. The highest BCUT2D eigenvalue weighted by Gasteiger charge is 2.07. The minimum absolute atomic E-state index is 0.0359. The summed E-state index contributed by atoms with van der Waals surface area (Å²) in [4.78, 5) is 13.6. The van der Waals surface area contributed by atoms with E-state index in [9.17, 15) is 4.79 Å². The number of carbonyl (C=O) groups is 1. The maximum atomic E-state index is 11.4. The minimum Gasteiger partial charge on any atom is -0.342 e. The van der Waals surface area contributed by atoms with Crippen molar-refractivity contribution < 1.29 is 4.79 Å². The Morgan fingerprint density at radius 2 is 1.76 bits per heavy atom. The Morgan fingerprint density at radius 3 is 2.33 bits per heavy atom. The molecule has 0 atom stereocenters. The lowest BCUT2D eigenvalue weighted by molar-refractivity contribution is -0.115. The number of hydrogen-bond acceptors (Lipinski definition) is 2. The Balaban J connectivity index is 2.21. The summed E-state index contributed by atoms with van der Waals surface area (Å²) in [6, 6.07) is 16.4. The van der Waals surface area contributed by atoms with Gasteiger partial charge in [0.1, 0.15) is 0 Å². The Labute approximate surface area is 126 Å². The van der Waals surface area contributed by atoms with E-state index in [1.165, 1.54) is 11.3 Å². The molecule has 1 N–H and O–H groups in total. The molecule has 1 amide bonds. The summed E-state index contributed by atoms with van der Waals surface area (Å²) in [7, 11) is 0. The smallest absolute Gasteiger partial charge is 0.224 e. The van der Waals surface area contributed by atoms with Crippen molar-refractivity contribution in [2.24, 2.45) is 0 Å². The first-order valence-electron chi connectivity index (χ1n) is 7.38. The normalized spacial score (nSPS) is 10.2. The van der Waals surface area contributed by atoms with Gasteiger partial charge < -0.3 is 10.2 Å². The van der Waals surface area contributed by atoms with E-state index < -0.39 is 0 Å². The van der Waals surface area contributed by atoms with Gasteiger partial charge in [0.05, 0.1) is 0 Å². The number of carbonyl (C=O) groups excluding carboxylic acids is 1. The van der Waals surface area contributed by atoms with Crippen molar-refractivity contribution in [2.75, 3.05) is 16.8 Å². The number of nitrogens with zero attached hydrogens (tertiary/aromatic N) is 1. The average molecular weight is 282 g/mol. The van der Waals surface area contributed by atoms with E-state index in [1.54, 1.807) is 0 Å². The first kappa shape index (κ1) is 15.1. The quantitative estimate of drug-likeness (QED) is 0.875. The highest BCUT2D eigenvalue weighted by atomic mass is 16.1. The second-order valence-corrected chi connectivity index (χ2v) is 5.03. The first-order valence-corrected chi connectivity index (χ1v) is 7.38. The van der Waals surface area contributed by atoms with Crippen LogP contribution < -0.4 is 10.2 Å². The Kier molecular flexibility index (Phi) is 4.99. The largest absolute Gasteiger partial charge is 0.342 e. The van der Waals surface area contributed by atoms with E-state index in [0.29, 0.717) is 6.42 Å². The number of hydrogen-bond donors (Lipinski definition) is 1. The van der Waals surface area contributed by atoms with Gasteiger partial charge in [0.25, 0.3) is 0 Å². The van der Waals surface area contributed by atoms with Crippen LogP contribution in [0.25, 0.3) is 0 Å². The van der Waals surface area contributed by atoms with E-state index in [1.807, 2.05) is 31.2 Å². The summed E-state index contributed by atoms with van der Waals surface area (Å²) in [6.45, 7) is 6.97. The molecule has 110 valence electrons. The zero-order valence-electron chi connectivity index (χ0n) is 12.9. The van der Waals surface area contributed by atoms with Crippen molar-refractivity contribution in [3.63, 3.8) is 0 Å². The molecule has 3 nitrogen and oxygen atoms in total. The van der Waals surface area contributed by atoms with Gasteiger partial charge in [-0.05, 0) is 55.8 Å². The second kappa shape index (κ2) is 6.93. The highest BCUT2D eigenvalue weighted by Crippen LogP contribution is 2.26. The van der Waals surface area contributed by atoms with Crippen molar-refractivity contribution in [1.29, 1.82) is 0 Å². The Bertz CT molecular complexity index is 605. The second-order valence-electron chi connectivity index (χ2n) is 5.03. The average Bonchev–Trinajstić information content (AvgIpc) is 2.50. The van der Waals surface area contributed by atoms with Crippen LogP contribution in [0.4, 0.5) is 17.1 Å². The van der Waals surface area contributed by atoms with Crippen molar-refractivity contribution in [3.05, 3.63) is 54.1 Å². The van der Waals surface area contributed by atoms with E-state index in [0.717, 1.165) is 17.9 Å². The van der Waals surface area contributed by atoms with Gasteiger partial charge in [0, 0.05) is 30.0 Å². The number of anilines is 3. The zero-order chi connectivity index (χ0) is 15.2. The number of rotatable bonds is 5. The zero-order valence-corrected chi connectivity index (χ0v) is 12.9. The number of amides is 1. The lowest BCUT2D eigenvalue weighted by atomic mass is 10.2. The van der Waals surface area contributed by atoms with E-state index >= 15 is 0 Å². The molecule has 0 radical (unpaired) electrons. The standard InChI is InChI=1S/C18H22N2O/c1-4-18(21)19-15-9-11-16(12-10-15)20(5-2)17-8-6-7-14(3)13-17/h6-13H,4-5H2,1-3H3,(H,19,21). The number of aryl methyl sites for hydroxylation is 1. The summed E-state index contributed by atoms with van der Waals surface area (Å²) in [5, 5.41) is 2.87. The summed E-state index contributed by atoms with van der Waals surface area (Å²) in [5.74, 6) is 0.0359. The molecule has 0 aliphatic carbocycles. The van der Waals surface area contributed by atoms with Crippen LogP contribution in [0.3, 0.4) is 0 Å². The van der Waals surface area contributed by atoms with Gasteiger partial charge in [0.15, 0.2) is 0 Å². The SMILES string of the molecule is CCC(=O)Nc1ccc(N(CC)c2cccc(C)c2)cc1. The highest BCUT2D eigenvalue weighted by molar-refractivity contribution is 5.90. The predicted molar refractivity (Wildman–Crippen MR) is 89.2 cm³/mol. The fourth-order valence-corrected chi connectivity index (χ4v) is 2.28. The molecule has 0 bridgehead atoms. The van der Waals surface area contributed by atoms with Crippen LogP contribution in [0.5, 0.6) is 0 Å². The van der Waals surface area contributed by atoms with Crippen LogP contribution in [-0.4, -0.2) is 12.5 Å². The molecular weight excluding hydrogens is 260 g/mol. The lowest BCUT2D eigenvalue weighted by Crippen LogP contribution is -2.16. The third-order valence-corrected chi connectivity index (χ3v) is 3.41. The maximum absolute atomic E-state index is 11.4. The molecule has 21 heavy (non-hydrogen) atoms. The monoisotopic (exact) mass is 282 g/mol. The topological polar surface area (TPSA) is 32.3 Å². The maximum Gasteiger partial charge on any atom is 0.224 e. The molecule has 0 saturated carbocycles. The summed E-state index contributed by atoms with van der Waals surface area (Å²) in [6.07, 6.45) is 0.492. The molecular formula is C18H22N2O. The van der Waals surface area contributed by atoms with Crippen LogP contribution in [0.1, 0.15) is 25.8 Å². The van der Waals surface area contributed by atoms with Gasteiger partial charge in [-0.25, -0.2) is 0 Å². The third-order valence-electron chi connectivity index (χ3n) is 3.41. The van der Waals surface area contributed by atoms with E-state index in [2.05, 4.69) is 48.3 Å². The Morgan fingerprint density at radius 1 is 1.05 bits per heavy atom. The van der Waals surface area contributed by atoms with Crippen LogP contribution in [-0.2, 0) is 4.79 Å². The van der Waals surface area contributed by atoms with Gasteiger partial charge in [-0.1, -0.05) is 19.1 Å². The molecule has 0 aliphatic rings. The molecule has 0 saturated heterocycles. The minimum atomic E-state index is 0.0359. The van der Waals surface area contributed by atoms with Crippen LogP contribution in [0.15, 0.2) is 48.5 Å².